The lowest BCUT2D eigenvalue weighted by Crippen LogP contribution is -2.50. The fourth-order valence-corrected chi connectivity index (χ4v) is 2.82. The van der Waals surface area contributed by atoms with Crippen LogP contribution in [0.3, 0.4) is 0 Å². The van der Waals surface area contributed by atoms with Crippen LogP contribution in [0.1, 0.15) is 11.1 Å². The molecular weight excluding hydrogens is 353 g/mol. The van der Waals surface area contributed by atoms with Crippen molar-refractivity contribution < 1.29 is 39.2 Å². The minimum absolute atomic E-state index is 0.0866. The van der Waals surface area contributed by atoms with Gasteiger partial charge in [0.15, 0.2) is 0 Å². The molecule has 0 saturated heterocycles. The highest BCUT2D eigenvalue weighted by Crippen LogP contribution is 2.53. The van der Waals surface area contributed by atoms with Gasteiger partial charge >= 0.3 is 18.0 Å². The maximum absolute atomic E-state index is 13.7. The molecule has 0 unspecified atom stereocenters. The average molecular weight is 359 g/mol. The molecule has 120 valence electrons. The zero-order valence-electron chi connectivity index (χ0n) is 9.98. The third-order valence-electron chi connectivity index (χ3n) is 2.62. The van der Waals surface area contributed by atoms with Crippen molar-refractivity contribution in [1.29, 1.82) is 0 Å². The molecule has 1 aromatic carbocycles. The van der Waals surface area contributed by atoms with Gasteiger partial charge in [-0.05, 0) is 18.6 Å². The maximum Gasteiger partial charge on any atom is 0.435 e. The van der Waals surface area contributed by atoms with Crippen LogP contribution in [0.25, 0.3) is 0 Å². The van der Waals surface area contributed by atoms with E-state index in [0.29, 0.717) is 6.07 Å². The smallest absolute Gasteiger partial charge is 0.218 e. The molecule has 11 heteroatoms. The first-order valence-corrected chi connectivity index (χ1v) is 7.31. The molecule has 1 rings (SSSR count). The summed E-state index contributed by atoms with van der Waals surface area (Å²) in [5, 5.41) is 0. The number of benzene rings is 1. The monoisotopic (exact) mass is 358 g/mol. The first kappa shape index (κ1) is 18.0. The van der Waals surface area contributed by atoms with Gasteiger partial charge in [0, 0.05) is 16.2 Å². The van der Waals surface area contributed by atoms with Crippen LogP contribution in [-0.4, -0.2) is 20.8 Å². The van der Waals surface area contributed by atoms with E-state index < -0.39 is 43.1 Å². The summed E-state index contributed by atoms with van der Waals surface area (Å²) in [5.41, 5.74) is -7.93. The van der Waals surface area contributed by atoms with Crippen molar-refractivity contribution in [3.63, 3.8) is 0 Å². The van der Waals surface area contributed by atoms with E-state index >= 15 is 0 Å². The third-order valence-corrected chi connectivity index (χ3v) is 4.10. The van der Waals surface area contributed by atoms with E-state index in [2.05, 4.69) is 0 Å². The van der Waals surface area contributed by atoms with Gasteiger partial charge in [-0.2, -0.15) is 26.3 Å². The zero-order valence-corrected chi connectivity index (χ0v) is 11.6. The van der Waals surface area contributed by atoms with E-state index in [0.717, 1.165) is 6.92 Å². The molecule has 0 saturated carbocycles. The van der Waals surface area contributed by atoms with Crippen LogP contribution >= 0.6 is 10.7 Å². The fraction of sp³-hybridized carbons (Fsp3) is 0.400. The summed E-state index contributed by atoms with van der Waals surface area (Å²) in [7, 11) is 0.565. The summed E-state index contributed by atoms with van der Waals surface area (Å²) in [5.74, 6) is 0. The highest BCUT2D eigenvalue weighted by molar-refractivity contribution is 8.13. The predicted molar refractivity (Wildman–Crippen MR) is 59.1 cm³/mol. The topological polar surface area (TPSA) is 34.1 Å². The van der Waals surface area contributed by atoms with Crippen LogP contribution in [0.15, 0.2) is 23.1 Å². The molecule has 0 spiro atoms. The first-order chi connectivity index (χ1) is 9.12. The summed E-state index contributed by atoms with van der Waals surface area (Å²) in [6.45, 7) is 0.895. The van der Waals surface area contributed by atoms with E-state index in [9.17, 15) is 39.2 Å². The Morgan fingerprint density at radius 1 is 0.952 bits per heavy atom. The van der Waals surface area contributed by atoms with Crippen molar-refractivity contribution in [1.82, 2.24) is 0 Å². The zero-order chi connectivity index (χ0) is 16.9. The van der Waals surface area contributed by atoms with Gasteiger partial charge < -0.3 is 0 Å². The largest absolute Gasteiger partial charge is 0.435 e. The highest BCUT2D eigenvalue weighted by Gasteiger charge is 2.73. The van der Waals surface area contributed by atoms with Crippen molar-refractivity contribution in [2.24, 2.45) is 0 Å². The fourth-order valence-electron chi connectivity index (χ4n) is 1.63. The summed E-state index contributed by atoms with van der Waals surface area (Å²) in [6, 6.07) is 0.623. The average Bonchev–Trinajstić information content (AvgIpc) is 2.22. The molecule has 0 aliphatic rings. The van der Waals surface area contributed by atoms with Crippen molar-refractivity contribution in [3.8, 4) is 0 Å². The third kappa shape index (κ3) is 3.10. The molecule has 0 aliphatic heterocycles. The number of hydrogen-bond acceptors (Lipinski definition) is 2. The molecule has 0 bridgehead atoms. The number of halogens is 8. The first-order valence-electron chi connectivity index (χ1n) is 5.00. The molecule has 21 heavy (non-hydrogen) atoms. The molecule has 1 aromatic rings. The Morgan fingerprint density at radius 2 is 1.38 bits per heavy atom. The van der Waals surface area contributed by atoms with E-state index in [4.69, 9.17) is 10.7 Å². The van der Waals surface area contributed by atoms with Gasteiger partial charge in [-0.3, -0.25) is 0 Å². The van der Waals surface area contributed by atoms with Crippen LogP contribution in [0.5, 0.6) is 0 Å². The molecule has 0 heterocycles. The lowest BCUT2D eigenvalue weighted by atomic mass is 9.93. The minimum Gasteiger partial charge on any atom is -0.218 e. The SMILES string of the molecule is Cc1cc(C(F)(C(F)(F)F)C(F)(F)F)ccc1S(=O)(=O)Cl. The number of rotatable bonds is 2. The quantitative estimate of drug-likeness (QED) is 0.586. The summed E-state index contributed by atoms with van der Waals surface area (Å²) < 4.78 is 111. The van der Waals surface area contributed by atoms with Gasteiger partial charge in [0.25, 0.3) is 9.05 Å². The van der Waals surface area contributed by atoms with Crippen LogP contribution in [0, 0.1) is 6.92 Å². The Morgan fingerprint density at radius 3 is 1.67 bits per heavy atom. The van der Waals surface area contributed by atoms with Gasteiger partial charge in [0.05, 0.1) is 4.90 Å². The van der Waals surface area contributed by atoms with E-state index in [1.165, 1.54) is 0 Å². The number of hydrogen-bond donors (Lipinski definition) is 0. The van der Waals surface area contributed by atoms with Gasteiger partial charge in [-0.1, -0.05) is 12.1 Å². The Hall–Kier alpha value is -1.03. The lowest BCUT2D eigenvalue weighted by Gasteiger charge is -2.30. The summed E-state index contributed by atoms with van der Waals surface area (Å²) >= 11 is 0. The number of aryl methyl sites for hydroxylation is 1. The Balaban J connectivity index is 3.61. The van der Waals surface area contributed by atoms with E-state index in [1.807, 2.05) is 0 Å². The summed E-state index contributed by atoms with van der Waals surface area (Å²) in [6.07, 6.45) is -12.5. The Kier molecular flexibility index (Phi) is 4.30. The van der Waals surface area contributed by atoms with Gasteiger partial charge in [-0.25, -0.2) is 12.8 Å². The second-order valence-corrected chi connectivity index (χ2v) is 6.61. The van der Waals surface area contributed by atoms with Crippen LogP contribution < -0.4 is 0 Å². The van der Waals surface area contributed by atoms with E-state index in [-0.39, 0.29) is 12.1 Å². The molecule has 0 fully saturated rings. The van der Waals surface area contributed by atoms with Crippen LogP contribution in [-0.2, 0) is 14.7 Å². The lowest BCUT2D eigenvalue weighted by molar-refractivity contribution is -0.348. The summed E-state index contributed by atoms with van der Waals surface area (Å²) in [4.78, 5) is -0.709. The minimum atomic E-state index is -6.26. The van der Waals surface area contributed by atoms with Gasteiger partial charge in [0.2, 0.25) is 0 Å². The normalized spacial score (nSPS) is 14.3. The van der Waals surface area contributed by atoms with Crippen molar-refractivity contribution in [3.05, 3.63) is 29.3 Å². The molecule has 0 N–H and O–H groups in total. The molecular formula is C10H6ClF7O2S. The van der Waals surface area contributed by atoms with Crippen LogP contribution in [0.4, 0.5) is 30.7 Å². The van der Waals surface area contributed by atoms with Gasteiger partial charge in [-0.15, -0.1) is 0 Å². The molecule has 2 nitrogen and oxygen atoms in total. The van der Waals surface area contributed by atoms with Crippen molar-refractivity contribution in [2.75, 3.05) is 0 Å². The molecule has 0 atom stereocenters. The van der Waals surface area contributed by atoms with Gasteiger partial charge in [0.1, 0.15) is 0 Å². The molecule has 0 aromatic heterocycles. The number of alkyl halides is 7. The molecule has 0 radical (unpaired) electrons. The predicted octanol–water partition coefficient (Wildman–Crippen LogP) is 4.21. The Bertz CT molecular complexity index is 634. The van der Waals surface area contributed by atoms with Crippen molar-refractivity contribution >= 4 is 19.7 Å². The standard InChI is InChI=1S/C10H6ClF7O2S/c1-5-4-6(2-3-7(5)21(11,19)20)8(12,9(13,14)15)10(16,17)18/h2-4H,1H3. The van der Waals surface area contributed by atoms with Crippen molar-refractivity contribution in [2.45, 2.75) is 29.8 Å². The molecule has 0 aliphatic carbocycles. The Labute approximate surface area is 118 Å². The second-order valence-electron chi connectivity index (χ2n) is 4.07. The maximum atomic E-state index is 13.7. The van der Waals surface area contributed by atoms with Crippen LogP contribution in [0.2, 0.25) is 0 Å². The molecule has 0 amide bonds. The highest BCUT2D eigenvalue weighted by atomic mass is 35.7. The van der Waals surface area contributed by atoms with E-state index in [1.54, 1.807) is 0 Å². The second kappa shape index (κ2) is 5.01.